The molecule has 76 valence electrons. The van der Waals surface area contributed by atoms with Crippen molar-refractivity contribution >= 4 is 11.8 Å². The Morgan fingerprint density at radius 2 is 2.57 bits per heavy atom. The lowest BCUT2D eigenvalue weighted by Gasteiger charge is -2.10. The van der Waals surface area contributed by atoms with Crippen LogP contribution in [0, 0.1) is 12.3 Å². The second-order valence-electron chi connectivity index (χ2n) is 2.99. The summed E-state index contributed by atoms with van der Waals surface area (Å²) in [5, 5.41) is 3.39. The number of nitrogens with one attached hydrogen (secondary N) is 1. The van der Waals surface area contributed by atoms with E-state index in [1.807, 2.05) is 6.07 Å². The minimum atomic E-state index is 0.347. The van der Waals surface area contributed by atoms with Gasteiger partial charge in [0.25, 0.3) is 0 Å². The van der Waals surface area contributed by atoms with Gasteiger partial charge in [-0.2, -0.15) is 0 Å². The second kappa shape index (κ2) is 6.58. The van der Waals surface area contributed by atoms with E-state index in [-0.39, 0.29) is 0 Å². The Labute approximate surface area is 89.5 Å². The van der Waals surface area contributed by atoms with E-state index in [2.05, 4.69) is 18.2 Å². The predicted octanol–water partition coefficient (Wildman–Crippen LogP) is 2.30. The van der Waals surface area contributed by atoms with E-state index in [0.29, 0.717) is 6.04 Å². The molecule has 0 amide bonds. The monoisotopic (exact) mass is 209 g/mol. The predicted molar refractivity (Wildman–Crippen MR) is 61.3 cm³/mol. The topological polar surface area (TPSA) is 25.2 Å². The van der Waals surface area contributed by atoms with Gasteiger partial charge in [0, 0.05) is 23.9 Å². The third kappa shape index (κ3) is 3.91. The van der Waals surface area contributed by atoms with Crippen molar-refractivity contribution in [3.05, 3.63) is 24.2 Å². The summed E-state index contributed by atoms with van der Waals surface area (Å²) in [5.41, 5.74) is 1.19. The molecule has 0 aliphatic carbocycles. The largest absolute Gasteiger partial charge is 0.472 e. The molecule has 1 aromatic heterocycles. The van der Waals surface area contributed by atoms with E-state index < -0.39 is 0 Å². The van der Waals surface area contributed by atoms with Crippen LogP contribution >= 0.6 is 11.8 Å². The lowest BCUT2D eigenvalue weighted by molar-refractivity contribution is 0.546. The summed E-state index contributed by atoms with van der Waals surface area (Å²) in [6, 6.07) is 2.33. The van der Waals surface area contributed by atoms with Gasteiger partial charge in [0.15, 0.2) is 0 Å². The van der Waals surface area contributed by atoms with Crippen LogP contribution in [0.2, 0.25) is 0 Å². The molecule has 0 fully saturated rings. The fraction of sp³-hybridized carbons (Fsp3) is 0.455. The molecule has 1 unspecified atom stereocenters. The first-order chi connectivity index (χ1) is 6.84. The molecule has 1 rings (SSSR count). The van der Waals surface area contributed by atoms with Gasteiger partial charge in [0.05, 0.1) is 18.3 Å². The highest BCUT2D eigenvalue weighted by Crippen LogP contribution is 2.11. The van der Waals surface area contributed by atoms with Crippen LogP contribution < -0.4 is 5.32 Å². The van der Waals surface area contributed by atoms with E-state index in [1.54, 1.807) is 24.3 Å². The first kappa shape index (κ1) is 11.2. The van der Waals surface area contributed by atoms with E-state index >= 15 is 0 Å². The van der Waals surface area contributed by atoms with Crippen molar-refractivity contribution < 1.29 is 4.42 Å². The minimum Gasteiger partial charge on any atom is -0.472 e. The number of terminal acetylenes is 1. The van der Waals surface area contributed by atoms with Gasteiger partial charge in [-0.15, -0.1) is 18.2 Å². The highest BCUT2D eigenvalue weighted by molar-refractivity contribution is 7.99. The molecular weight excluding hydrogens is 194 g/mol. The van der Waals surface area contributed by atoms with Crippen molar-refractivity contribution in [1.29, 1.82) is 0 Å². The summed E-state index contributed by atoms with van der Waals surface area (Å²) in [4.78, 5) is 0. The van der Waals surface area contributed by atoms with E-state index in [4.69, 9.17) is 10.8 Å². The highest BCUT2D eigenvalue weighted by Gasteiger charge is 2.04. The maximum atomic E-state index is 5.14. The minimum absolute atomic E-state index is 0.347. The summed E-state index contributed by atoms with van der Waals surface area (Å²) in [5.74, 6) is 4.44. The maximum absolute atomic E-state index is 5.14. The Kier molecular flexibility index (Phi) is 5.28. The molecule has 0 aliphatic heterocycles. The van der Waals surface area contributed by atoms with Crippen LogP contribution in [0.25, 0.3) is 0 Å². The van der Waals surface area contributed by atoms with Crippen molar-refractivity contribution in [3.8, 4) is 12.3 Å². The standard InChI is InChI=1S/C11H15NOS/c1-3-7-14-8-5-12-10(2)11-4-6-13-9-11/h1,4,6,9-10,12H,5,7-8H2,2H3. The molecule has 2 nitrogen and oxygen atoms in total. The van der Waals surface area contributed by atoms with Crippen molar-refractivity contribution in [3.63, 3.8) is 0 Å². The summed E-state index contributed by atoms with van der Waals surface area (Å²) >= 11 is 1.77. The summed E-state index contributed by atoms with van der Waals surface area (Å²) < 4.78 is 5.01. The summed E-state index contributed by atoms with van der Waals surface area (Å²) in [6.45, 7) is 3.09. The van der Waals surface area contributed by atoms with Crippen molar-refractivity contribution in [1.82, 2.24) is 5.32 Å². The summed E-state index contributed by atoms with van der Waals surface area (Å²) in [6.07, 6.45) is 8.61. The molecule has 1 aromatic rings. The van der Waals surface area contributed by atoms with Gasteiger partial charge < -0.3 is 9.73 Å². The number of thioether (sulfide) groups is 1. The molecule has 14 heavy (non-hydrogen) atoms. The molecule has 0 aliphatic rings. The third-order valence-corrected chi connectivity index (χ3v) is 2.79. The van der Waals surface area contributed by atoms with E-state index in [1.165, 1.54) is 5.56 Å². The Bertz CT molecular complexity index is 276. The molecular formula is C11H15NOS. The second-order valence-corrected chi connectivity index (χ2v) is 4.09. The van der Waals surface area contributed by atoms with Gasteiger partial charge in [-0.05, 0) is 13.0 Å². The first-order valence-corrected chi connectivity index (χ1v) is 5.76. The van der Waals surface area contributed by atoms with Gasteiger partial charge in [-0.3, -0.25) is 0 Å². The molecule has 0 saturated carbocycles. The van der Waals surface area contributed by atoms with Crippen LogP contribution in [0.3, 0.4) is 0 Å². The first-order valence-electron chi connectivity index (χ1n) is 4.61. The van der Waals surface area contributed by atoms with Crippen molar-refractivity contribution in [2.75, 3.05) is 18.1 Å². The lowest BCUT2D eigenvalue weighted by atomic mass is 10.2. The van der Waals surface area contributed by atoms with Crippen LogP contribution in [-0.4, -0.2) is 18.1 Å². The highest BCUT2D eigenvalue weighted by atomic mass is 32.2. The molecule has 0 saturated heterocycles. The fourth-order valence-corrected chi connectivity index (χ4v) is 1.64. The van der Waals surface area contributed by atoms with Gasteiger partial charge in [0.2, 0.25) is 0 Å². The van der Waals surface area contributed by atoms with Crippen LogP contribution in [0.4, 0.5) is 0 Å². The molecule has 1 atom stereocenters. The number of furan rings is 1. The molecule has 1 N–H and O–H groups in total. The average molecular weight is 209 g/mol. The Morgan fingerprint density at radius 1 is 1.71 bits per heavy atom. The molecule has 3 heteroatoms. The lowest BCUT2D eigenvalue weighted by Crippen LogP contribution is -2.20. The smallest absolute Gasteiger partial charge is 0.0950 e. The van der Waals surface area contributed by atoms with Gasteiger partial charge in [0.1, 0.15) is 0 Å². The van der Waals surface area contributed by atoms with Crippen LogP contribution in [0.1, 0.15) is 18.5 Å². The zero-order valence-corrected chi connectivity index (χ0v) is 9.14. The molecule has 0 bridgehead atoms. The maximum Gasteiger partial charge on any atom is 0.0950 e. The Balaban J connectivity index is 2.10. The number of hydrogen-bond donors (Lipinski definition) is 1. The van der Waals surface area contributed by atoms with Crippen LogP contribution in [-0.2, 0) is 0 Å². The Morgan fingerprint density at radius 3 is 3.21 bits per heavy atom. The number of hydrogen-bond acceptors (Lipinski definition) is 3. The van der Waals surface area contributed by atoms with Crippen molar-refractivity contribution in [2.24, 2.45) is 0 Å². The van der Waals surface area contributed by atoms with E-state index in [9.17, 15) is 0 Å². The normalized spacial score (nSPS) is 12.3. The fourth-order valence-electron chi connectivity index (χ4n) is 1.12. The average Bonchev–Trinajstić information content (AvgIpc) is 2.70. The SMILES string of the molecule is C#CCSCCNC(C)c1ccoc1. The van der Waals surface area contributed by atoms with Crippen LogP contribution in [0.5, 0.6) is 0 Å². The zero-order valence-electron chi connectivity index (χ0n) is 8.32. The molecule has 0 radical (unpaired) electrons. The number of rotatable bonds is 6. The Hall–Kier alpha value is -0.850. The molecule has 1 heterocycles. The summed E-state index contributed by atoms with van der Waals surface area (Å²) in [7, 11) is 0. The van der Waals surface area contributed by atoms with E-state index in [0.717, 1.165) is 18.1 Å². The van der Waals surface area contributed by atoms with Crippen LogP contribution in [0.15, 0.2) is 23.0 Å². The van der Waals surface area contributed by atoms with Gasteiger partial charge in [-0.1, -0.05) is 5.92 Å². The van der Waals surface area contributed by atoms with Gasteiger partial charge >= 0.3 is 0 Å². The van der Waals surface area contributed by atoms with Gasteiger partial charge in [-0.25, -0.2) is 0 Å². The molecule has 0 aromatic carbocycles. The van der Waals surface area contributed by atoms with Crippen molar-refractivity contribution in [2.45, 2.75) is 13.0 Å². The molecule has 0 spiro atoms. The quantitative estimate of drug-likeness (QED) is 0.575. The zero-order chi connectivity index (χ0) is 10.2. The third-order valence-electron chi connectivity index (χ3n) is 1.93.